The number of fused-ring (bicyclic) bond motifs is 2. The van der Waals surface area contributed by atoms with Gasteiger partial charge in [-0.25, -0.2) is 4.98 Å². The van der Waals surface area contributed by atoms with E-state index in [9.17, 15) is 19.2 Å². The number of hydrogen-bond acceptors (Lipinski definition) is 6. The van der Waals surface area contributed by atoms with Gasteiger partial charge in [-0.3, -0.25) is 19.2 Å². The summed E-state index contributed by atoms with van der Waals surface area (Å²) in [6.07, 6.45) is 1.82. The predicted octanol–water partition coefficient (Wildman–Crippen LogP) is 4.97. The lowest BCUT2D eigenvalue weighted by atomic mass is 9.96. The van der Waals surface area contributed by atoms with E-state index >= 15 is 0 Å². The van der Waals surface area contributed by atoms with E-state index in [4.69, 9.17) is 0 Å². The molecule has 4 N–H and O–H groups in total. The van der Waals surface area contributed by atoms with Gasteiger partial charge in [-0.15, -0.1) is 11.3 Å². The lowest BCUT2D eigenvalue weighted by Gasteiger charge is -2.24. The van der Waals surface area contributed by atoms with Crippen LogP contribution in [0.25, 0.3) is 21.1 Å². The van der Waals surface area contributed by atoms with E-state index in [1.807, 2.05) is 56.3 Å². The number of carbonyl (C=O) groups excluding carboxylic acids is 4. The van der Waals surface area contributed by atoms with Crippen LogP contribution >= 0.6 is 27.3 Å². The number of thiazole rings is 1. The van der Waals surface area contributed by atoms with Crippen LogP contribution in [0.5, 0.6) is 0 Å². The van der Waals surface area contributed by atoms with Gasteiger partial charge in [-0.1, -0.05) is 48.0 Å². The first-order valence-electron chi connectivity index (χ1n) is 13.8. The summed E-state index contributed by atoms with van der Waals surface area (Å²) in [7, 11) is 0. The van der Waals surface area contributed by atoms with E-state index in [0.29, 0.717) is 36.5 Å². The third-order valence-electron chi connectivity index (χ3n) is 7.29. The fraction of sp³-hybridized carbons (Fsp3) is 0.367. The lowest BCUT2D eigenvalue weighted by molar-refractivity contribution is -0.123. The van der Waals surface area contributed by atoms with Crippen LogP contribution in [0.1, 0.15) is 59.8 Å². The van der Waals surface area contributed by atoms with E-state index < -0.39 is 23.9 Å². The number of nitrogens with one attached hydrogen (secondary N) is 4. The summed E-state index contributed by atoms with van der Waals surface area (Å²) in [6, 6.07) is 13.1. The third kappa shape index (κ3) is 6.68. The fourth-order valence-corrected chi connectivity index (χ4v) is 6.58. The summed E-state index contributed by atoms with van der Waals surface area (Å²) < 4.78 is 1.74. The number of rotatable bonds is 11. The number of ketones is 1. The molecule has 3 amide bonds. The van der Waals surface area contributed by atoms with Gasteiger partial charge in [-0.05, 0) is 61.9 Å². The molecule has 9 nitrogen and oxygen atoms in total. The highest BCUT2D eigenvalue weighted by molar-refractivity contribution is 9.10. The molecule has 11 heteroatoms. The molecule has 1 aliphatic rings. The molecule has 3 atom stereocenters. The summed E-state index contributed by atoms with van der Waals surface area (Å²) >= 11 is 4.78. The van der Waals surface area contributed by atoms with Crippen LogP contribution in [-0.4, -0.2) is 52.1 Å². The summed E-state index contributed by atoms with van der Waals surface area (Å²) in [6.45, 7) is 4.54. The number of carbonyl (C=O) groups is 4. The number of hydrogen-bond donors (Lipinski definition) is 4. The van der Waals surface area contributed by atoms with Crippen molar-refractivity contribution in [3.63, 3.8) is 0 Å². The second-order valence-electron chi connectivity index (χ2n) is 10.8. The molecule has 0 bridgehead atoms. The molecule has 0 unspecified atom stereocenters. The molecule has 1 fully saturated rings. The van der Waals surface area contributed by atoms with Crippen molar-refractivity contribution in [2.24, 2.45) is 11.8 Å². The second-order valence-corrected chi connectivity index (χ2v) is 12.7. The number of Topliss-reactive ketones (excluding diaryl/α,β-unsaturated/α-hetero) is 1. The maximum absolute atomic E-state index is 13.7. The molecule has 0 saturated carbocycles. The summed E-state index contributed by atoms with van der Waals surface area (Å²) in [5.74, 6) is -1.29. The summed E-state index contributed by atoms with van der Waals surface area (Å²) in [4.78, 5) is 60.4. The number of nitrogens with zero attached hydrogens (tertiary/aromatic N) is 1. The van der Waals surface area contributed by atoms with E-state index in [0.717, 1.165) is 25.6 Å². The molecule has 2 aromatic heterocycles. The zero-order valence-electron chi connectivity index (χ0n) is 22.8. The first-order valence-corrected chi connectivity index (χ1v) is 15.4. The second kappa shape index (κ2) is 12.5. The fourth-order valence-electron chi connectivity index (χ4n) is 5.14. The maximum Gasteiger partial charge on any atom is 0.268 e. The number of para-hydroxylation sites is 1. The monoisotopic (exact) mass is 637 g/mol. The summed E-state index contributed by atoms with van der Waals surface area (Å²) in [5, 5.41) is 9.77. The predicted molar refractivity (Wildman–Crippen MR) is 163 cm³/mol. The molecular weight excluding hydrogens is 606 g/mol. The minimum atomic E-state index is -0.882. The smallest absolute Gasteiger partial charge is 0.268 e. The van der Waals surface area contributed by atoms with Crippen molar-refractivity contribution < 1.29 is 19.2 Å². The molecular formula is C30H32BrN5O4S. The molecule has 0 aliphatic carbocycles. The molecule has 1 saturated heterocycles. The number of aromatic amines is 1. The minimum absolute atomic E-state index is 0.0302. The van der Waals surface area contributed by atoms with Crippen molar-refractivity contribution in [3.8, 4) is 0 Å². The zero-order valence-corrected chi connectivity index (χ0v) is 25.2. The number of aromatic nitrogens is 2. The standard InChI is InChI=1S/C30H32BrN5O4S/c1-16(2)14-23(35-29(40)24-15-18-19(31)6-5-8-20(18)33-24)28(39)34-22(11-10-17-12-13-32-27(17)38)26(37)30-36-21-7-3-4-9-25(21)41-30/h3-9,15-17,22-23,33H,10-14H2,1-2H3,(H,32,38)(H,34,39)(H,35,40)/t17-,22+,23+/m1/s1. The SMILES string of the molecule is CC(C)C[C@H](NC(=O)c1cc2c(Br)cccc2[nH]1)C(=O)N[C@@H](CC[C@@H]1CCNC1=O)C(=O)c1nc2ccccc2s1. The first kappa shape index (κ1) is 28.9. The molecule has 0 radical (unpaired) electrons. The third-order valence-corrected chi connectivity index (χ3v) is 9.03. The molecule has 214 valence electrons. The van der Waals surface area contributed by atoms with Gasteiger partial charge < -0.3 is 20.9 Å². The largest absolute Gasteiger partial charge is 0.356 e. The number of H-pyrrole nitrogens is 1. The summed E-state index contributed by atoms with van der Waals surface area (Å²) in [5.41, 5.74) is 1.85. The molecule has 2 aromatic carbocycles. The van der Waals surface area contributed by atoms with Crippen LogP contribution < -0.4 is 16.0 Å². The van der Waals surface area contributed by atoms with Crippen molar-refractivity contribution in [2.45, 2.75) is 51.6 Å². The van der Waals surface area contributed by atoms with Crippen molar-refractivity contribution in [1.82, 2.24) is 25.9 Å². The lowest BCUT2D eigenvalue weighted by Crippen LogP contribution is -2.52. The highest BCUT2D eigenvalue weighted by Gasteiger charge is 2.32. The van der Waals surface area contributed by atoms with Crippen molar-refractivity contribution in [3.05, 3.63) is 63.7 Å². The van der Waals surface area contributed by atoms with Gasteiger partial charge in [-0.2, -0.15) is 0 Å². The minimum Gasteiger partial charge on any atom is -0.356 e. The van der Waals surface area contributed by atoms with Crippen LogP contribution in [-0.2, 0) is 9.59 Å². The van der Waals surface area contributed by atoms with E-state index in [2.05, 4.69) is 41.8 Å². The Morgan fingerprint density at radius 1 is 1.10 bits per heavy atom. The van der Waals surface area contributed by atoms with Crippen LogP contribution in [0.15, 0.2) is 53.0 Å². The number of amides is 3. The van der Waals surface area contributed by atoms with E-state index in [-0.39, 0.29) is 29.9 Å². The zero-order chi connectivity index (χ0) is 29.1. The van der Waals surface area contributed by atoms with Crippen LogP contribution in [0.2, 0.25) is 0 Å². The van der Waals surface area contributed by atoms with Gasteiger partial charge in [0, 0.05) is 27.8 Å². The normalized spacial score (nSPS) is 16.6. The van der Waals surface area contributed by atoms with Gasteiger partial charge in [0.15, 0.2) is 5.01 Å². The maximum atomic E-state index is 13.7. The van der Waals surface area contributed by atoms with E-state index in [1.165, 1.54) is 11.3 Å². The Morgan fingerprint density at radius 3 is 2.61 bits per heavy atom. The molecule has 1 aliphatic heterocycles. The Balaban J connectivity index is 1.36. The topological polar surface area (TPSA) is 133 Å². The average molecular weight is 639 g/mol. The Kier molecular flexibility index (Phi) is 8.84. The quantitative estimate of drug-likeness (QED) is 0.172. The average Bonchev–Trinajstić information content (AvgIpc) is 3.68. The number of halogens is 1. The van der Waals surface area contributed by atoms with Gasteiger partial charge in [0.1, 0.15) is 11.7 Å². The Bertz CT molecular complexity index is 1580. The molecule has 5 rings (SSSR count). The molecule has 41 heavy (non-hydrogen) atoms. The van der Waals surface area contributed by atoms with Crippen LogP contribution in [0, 0.1) is 11.8 Å². The van der Waals surface area contributed by atoms with Crippen molar-refractivity contribution in [1.29, 1.82) is 0 Å². The highest BCUT2D eigenvalue weighted by atomic mass is 79.9. The molecule has 4 aromatic rings. The Morgan fingerprint density at radius 2 is 1.90 bits per heavy atom. The van der Waals surface area contributed by atoms with E-state index in [1.54, 1.807) is 6.07 Å². The molecule has 0 spiro atoms. The Labute approximate surface area is 250 Å². The molecule has 3 heterocycles. The van der Waals surface area contributed by atoms with Crippen molar-refractivity contribution >= 4 is 71.9 Å². The number of benzene rings is 2. The van der Waals surface area contributed by atoms with Crippen molar-refractivity contribution in [2.75, 3.05) is 6.54 Å². The van der Waals surface area contributed by atoms with Gasteiger partial charge >= 0.3 is 0 Å². The van der Waals surface area contributed by atoms with Gasteiger partial charge in [0.25, 0.3) is 5.91 Å². The van der Waals surface area contributed by atoms with Gasteiger partial charge in [0.05, 0.1) is 16.3 Å². The van der Waals surface area contributed by atoms with Crippen LogP contribution in [0.4, 0.5) is 0 Å². The first-order chi connectivity index (χ1) is 19.7. The van der Waals surface area contributed by atoms with Crippen LogP contribution in [0.3, 0.4) is 0 Å². The highest BCUT2D eigenvalue weighted by Crippen LogP contribution is 2.26. The van der Waals surface area contributed by atoms with Gasteiger partial charge in [0.2, 0.25) is 17.6 Å². The Hall–Kier alpha value is -3.57.